The van der Waals surface area contributed by atoms with Gasteiger partial charge in [-0.25, -0.2) is 0 Å². The van der Waals surface area contributed by atoms with E-state index in [-0.39, 0.29) is 24.7 Å². The summed E-state index contributed by atoms with van der Waals surface area (Å²) in [7, 11) is 0. The summed E-state index contributed by atoms with van der Waals surface area (Å²) in [5.41, 5.74) is 3.26. The van der Waals surface area contributed by atoms with Gasteiger partial charge in [-0.2, -0.15) is 0 Å². The molecule has 0 radical (unpaired) electrons. The third-order valence-corrected chi connectivity index (χ3v) is 4.88. The van der Waals surface area contributed by atoms with Crippen molar-refractivity contribution in [2.45, 2.75) is 50.9 Å². The molecule has 1 aliphatic carbocycles. The zero-order valence-electron chi connectivity index (χ0n) is 14.5. The summed E-state index contributed by atoms with van der Waals surface area (Å²) < 4.78 is 5.12. The van der Waals surface area contributed by atoms with Crippen molar-refractivity contribution in [3.8, 4) is 0 Å². The zero-order valence-corrected chi connectivity index (χ0v) is 15.3. The van der Waals surface area contributed by atoms with Gasteiger partial charge in [-0.3, -0.25) is 9.59 Å². The highest BCUT2D eigenvalue weighted by Crippen LogP contribution is 2.44. The number of carbonyl (C=O) groups is 2. The van der Waals surface area contributed by atoms with Gasteiger partial charge in [0.15, 0.2) is 0 Å². The van der Waals surface area contributed by atoms with E-state index in [1.807, 2.05) is 13.0 Å². The molecule has 1 aliphatic rings. The molecule has 1 fully saturated rings. The van der Waals surface area contributed by atoms with Crippen LogP contribution < -0.4 is 5.32 Å². The van der Waals surface area contributed by atoms with Crippen molar-refractivity contribution in [2.75, 3.05) is 5.32 Å². The second kappa shape index (κ2) is 7.91. The normalized spacial score (nSPS) is 14.8. The number of amides is 1. The van der Waals surface area contributed by atoms with Crippen LogP contribution >= 0.6 is 11.6 Å². The molecule has 6 nitrogen and oxygen atoms in total. The number of benzene rings is 1. The van der Waals surface area contributed by atoms with Crippen LogP contribution in [0, 0.1) is 6.92 Å². The average Bonchev–Trinajstić information content (AvgIpc) is 3.31. The minimum absolute atomic E-state index is 0.0276. The van der Waals surface area contributed by atoms with Crippen LogP contribution in [-0.4, -0.2) is 22.1 Å². The third kappa shape index (κ3) is 4.64. The van der Waals surface area contributed by atoms with Crippen molar-refractivity contribution in [1.82, 2.24) is 5.16 Å². The van der Waals surface area contributed by atoms with Crippen molar-refractivity contribution >= 4 is 29.2 Å². The Bertz CT molecular complexity index is 814. The van der Waals surface area contributed by atoms with Crippen molar-refractivity contribution < 1.29 is 19.2 Å². The first-order valence-corrected chi connectivity index (χ1v) is 9.03. The van der Waals surface area contributed by atoms with Crippen LogP contribution in [0.25, 0.3) is 0 Å². The van der Waals surface area contributed by atoms with Gasteiger partial charge in [0, 0.05) is 24.3 Å². The summed E-state index contributed by atoms with van der Waals surface area (Å²) >= 11 is 6.17. The number of aliphatic carboxylic acids is 1. The summed E-state index contributed by atoms with van der Waals surface area (Å²) in [5, 5.41) is 16.4. The van der Waals surface area contributed by atoms with Gasteiger partial charge in [0.1, 0.15) is 6.26 Å². The number of hydrogen-bond acceptors (Lipinski definition) is 4. The predicted octanol–water partition coefficient (Wildman–Crippen LogP) is 4.49. The largest absolute Gasteiger partial charge is 0.481 e. The number of hydrogen-bond donors (Lipinski definition) is 2. The highest BCUT2D eigenvalue weighted by Gasteiger charge is 2.32. The molecule has 0 saturated heterocycles. The fourth-order valence-electron chi connectivity index (χ4n) is 3.04. The molecular weight excluding hydrogens is 356 g/mol. The summed E-state index contributed by atoms with van der Waals surface area (Å²) in [5.74, 6) is -1.01. The van der Waals surface area contributed by atoms with Crippen molar-refractivity contribution in [2.24, 2.45) is 0 Å². The molecule has 7 heteroatoms. The van der Waals surface area contributed by atoms with Gasteiger partial charge in [-0.1, -0.05) is 22.8 Å². The van der Waals surface area contributed by atoms with E-state index in [0.717, 1.165) is 24.0 Å². The molecule has 1 atom stereocenters. The van der Waals surface area contributed by atoms with Crippen LogP contribution in [0.1, 0.15) is 60.8 Å². The SMILES string of the molecule is Cc1ccc(NC(=O)CC(CCC(=O)O)c2nocc2C2CC2)c(Cl)c1. The van der Waals surface area contributed by atoms with Crippen LogP contribution in [0.4, 0.5) is 5.69 Å². The van der Waals surface area contributed by atoms with Gasteiger partial charge in [0.05, 0.1) is 16.4 Å². The fraction of sp³-hybridized carbons (Fsp3) is 0.421. The molecule has 1 aromatic carbocycles. The maximum Gasteiger partial charge on any atom is 0.303 e. The Kier molecular flexibility index (Phi) is 5.61. The van der Waals surface area contributed by atoms with E-state index < -0.39 is 5.97 Å². The zero-order chi connectivity index (χ0) is 18.7. The van der Waals surface area contributed by atoms with E-state index in [1.54, 1.807) is 18.4 Å². The van der Waals surface area contributed by atoms with Crippen LogP contribution in [0.3, 0.4) is 0 Å². The lowest BCUT2D eigenvalue weighted by atomic mass is 9.91. The van der Waals surface area contributed by atoms with E-state index in [2.05, 4.69) is 10.5 Å². The summed E-state index contributed by atoms with van der Waals surface area (Å²) in [6.07, 6.45) is 4.20. The first-order valence-electron chi connectivity index (χ1n) is 8.66. The standard InChI is InChI=1S/C19H21ClN2O4/c1-11-2-6-16(15(20)8-11)21-17(23)9-13(5-7-18(24)25)19-14(10-26-22-19)12-3-4-12/h2,6,8,10,12-13H,3-5,7,9H2,1H3,(H,21,23)(H,24,25). The topological polar surface area (TPSA) is 92.4 Å². The molecule has 0 bridgehead atoms. The Morgan fingerprint density at radius 2 is 2.19 bits per heavy atom. The van der Waals surface area contributed by atoms with Crippen molar-refractivity contribution in [3.05, 3.63) is 46.3 Å². The minimum atomic E-state index is -0.895. The fourth-order valence-corrected chi connectivity index (χ4v) is 3.32. The second-order valence-electron chi connectivity index (χ2n) is 6.79. The van der Waals surface area contributed by atoms with E-state index in [9.17, 15) is 9.59 Å². The Labute approximate surface area is 156 Å². The molecule has 138 valence electrons. The molecule has 26 heavy (non-hydrogen) atoms. The number of carboxylic acids is 1. The van der Waals surface area contributed by atoms with E-state index in [0.29, 0.717) is 28.7 Å². The molecule has 3 rings (SSSR count). The third-order valence-electron chi connectivity index (χ3n) is 4.57. The smallest absolute Gasteiger partial charge is 0.303 e. The van der Waals surface area contributed by atoms with E-state index >= 15 is 0 Å². The van der Waals surface area contributed by atoms with Gasteiger partial charge in [0.2, 0.25) is 5.91 Å². The van der Waals surface area contributed by atoms with Gasteiger partial charge < -0.3 is 14.9 Å². The Balaban J connectivity index is 1.73. The Morgan fingerprint density at radius 3 is 2.85 bits per heavy atom. The van der Waals surface area contributed by atoms with E-state index in [4.69, 9.17) is 21.2 Å². The summed E-state index contributed by atoms with van der Waals surface area (Å²) in [4.78, 5) is 23.5. The van der Waals surface area contributed by atoms with Crippen LogP contribution in [-0.2, 0) is 9.59 Å². The number of anilines is 1. The number of halogens is 1. The molecule has 2 N–H and O–H groups in total. The highest BCUT2D eigenvalue weighted by atomic mass is 35.5. The lowest BCUT2D eigenvalue weighted by molar-refractivity contribution is -0.137. The molecule has 1 amide bonds. The number of nitrogens with zero attached hydrogens (tertiary/aromatic N) is 1. The van der Waals surface area contributed by atoms with Crippen LogP contribution in [0.5, 0.6) is 0 Å². The van der Waals surface area contributed by atoms with Gasteiger partial charge in [0.25, 0.3) is 0 Å². The number of rotatable bonds is 8. The minimum Gasteiger partial charge on any atom is -0.481 e. The van der Waals surface area contributed by atoms with Crippen molar-refractivity contribution in [1.29, 1.82) is 0 Å². The first kappa shape index (κ1) is 18.5. The number of carbonyl (C=O) groups excluding carboxylic acids is 1. The molecule has 1 unspecified atom stereocenters. The first-order chi connectivity index (χ1) is 12.4. The van der Waals surface area contributed by atoms with Gasteiger partial charge >= 0.3 is 5.97 Å². The summed E-state index contributed by atoms with van der Waals surface area (Å²) in [6.45, 7) is 1.92. The van der Waals surface area contributed by atoms with Crippen LogP contribution in [0.2, 0.25) is 5.02 Å². The van der Waals surface area contributed by atoms with Gasteiger partial charge in [-0.15, -0.1) is 0 Å². The average molecular weight is 377 g/mol. The molecule has 2 aromatic rings. The van der Waals surface area contributed by atoms with Crippen molar-refractivity contribution in [3.63, 3.8) is 0 Å². The monoisotopic (exact) mass is 376 g/mol. The Morgan fingerprint density at radius 1 is 1.42 bits per heavy atom. The lowest BCUT2D eigenvalue weighted by Gasteiger charge is -2.15. The molecule has 1 saturated carbocycles. The highest BCUT2D eigenvalue weighted by molar-refractivity contribution is 6.33. The number of carboxylic acid groups (broad SMARTS) is 1. The molecule has 0 spiro atoms. The Hall–Kier alpha value is -2.34. The number of aryl methyl sites for hydroxylation is 1. The molecular formula is C19H21ClN2O4. The lowest BCUT2D eigenvalue weighted by Crippen LogP contribution is -2.17. The predicted molar refractivity (Wildman–Crippen MR) is 97.5 cm³/mol. The van der Waals surface area contributed by atoms with E-state index in [1.165, 1.54) is 0 Å². The molecule has 1 aromatic heterocycles. The second-order valence-corrected chi connectivity index (χ2v) is 7.20. The van der Waals surface area contributed by atoms with Gasteiger partial charge in [-0.05, 0) is 49.8 Å². The maximum atomic E-state index is 12.5. The molecule has 1 heterocycles. The maximum absolute atomic E-state index is 12.5. The quantitative estimate of drug-likeness (QED) is 0.708. The van der Waals surface area contributed by atoms with Crippen LogP contribution in [0.15, 0.2) is 29.0 Å². The number of nitrogens with one attached hydrogen (secondary N) is 1. The summed E-state index contributed by atoms with van der Waals surface area (Å²) in [6, 6.07) is 5.40. The molecule has 0 aliphatic heterocycles. The number of aromatic nitrogens is 1.